The van der Waals surface area contributed by atoms with E-state index in [9.17, 15) is 4.39 Å². The number of aryl methyl sites for hydroxylation is 1. The predicted molar refractivity (Wildman–Crippen MR) is 73.6 cm³/mol. The summed E-state index contributed by atoms with van der Waals surface area (Å²) in [5.41, 5.74) is 8.19. The van der Waals surface area contributed by atoms with Crippen molar-refractivity contribution >= 4 is 23.2 Å². The molecule has 0 amide bonds. The van der Waals surface area contributed by atoms with Crippen LogP contribution in [0.1, 0.15) is 22.7 Å². The van der Waals surface area contributed by atoms with E-state index < -0.39 is 6.04 Å². The number of benzene rings is 2. The first-order valence-corrected chi connectivity index (χ1v) is 6.21. The Bertz CT molecular complexity index is 533. The minimum Gasteiger partial charge on any atom is -0.320 e. The van der Waals surface area contributed by atoms with Gasteiger partial charge in [-0.2, -0.15) is 0 Å². The molecule has 2 aromatic rings. The Balaban J connectivity index is 2.37. The van der Waals surface area contributed by atoms with Crippen molar-refractivity contribution in [3.05, 3.63) is 69.0 Å². The molecular formula is C14H12Cl2FN. The van der Waals surface area contributed by atoms with Gasteiger partial charge in [0, 0.05) is 0 Å². The summed E-state index contributed by atoms with van der Waals surface area (Å²) >= 11 is 11.8. The van der Waals surface area contributed by atoms with Gasteiger partial charge >= 0.3 is 0 Å². The van der Waals surface area contributed by atoms with Crippen molar-refractivity contribution in [2.45, 2.75) is 13.0 Å². The lowest BCUT2D eigenvalue weighted by Gasteiger charge is -2.14. The van der Waals surface area contributed by atoms with Crippen molar-refractivity contribution in [3.8, 4) is 0 Å². The Hall–Kier alpha value is -1.09. The second-order valence-corrected chi connectivity index (χ2v) is 4.97. The maximum absolute atomic E-state index is 13.5. The lowest BCUT2D eigenvalue weighted by atomic mass is 9.98. The van der Waals surface area contributed by atoms with E-state index in [1.165, 1.54) is 6.07 Å². The number of halogens is 3. The molecule has 0 fully saturated rings. The largest absolute Gasteiger partial charge is 0.320 e. The van der Waals surface area contributed by atoms with Crippen molar-refractivity contribution < 1.29 is 4.39 Å². The van der Waals surface area contributed by atoms with Crippen molar-refractivity contribution in [2.75, 3.05) is 0 Å². The second kappa shape index (κ2) is 5.27. The number of hydrogen-bond donors (Lipinski definition) is 1. The molecule has 1 unspecified atom stereocenters. The summed E-state index contributed by atoms with van der Waals surface area (Å²) in [6.45, 7) is 1.71. The summed E-state index contributed by atoms with van der Waals surface area (Å²) in [6, 6.07) is 9.72. The number of nitrogens with two attached hydrogens (primary N) is 1. The second-order valence-electron chi connectivity index (χ2n) is 4.16. The summed E-state index contributed by atoms with van der Waals surface area (Å²) in [5, 5.41) is 0.917. The molecule has 1 atom stereocenters. The Morgan fingerprint density at radius 2 is 1.61 bits per heavy atom. The van der Waals surface area contributed by atoms with Crippen LogP contribution in [0.4, 0.5) is 4.39 Å². The normalized spacial score (nSPS) is 12.5. The first kappa shape index (κ1) is 13.3. The van der Waals surface area contributed by atoms with Crippen LogP contribution < -0.4 is 5.73 Å². The van der Waals surface area contributed by atoms with Gasteiger partial charge in [-0.3, -0.25) is 0 Å². The van der Waals surface area contributed by atoms with E-state index >= 15 is 0 Å². The molecule has 0 radical (unpaired) electrons. The maximum Gasteiger partial charge on any atom is 0.126 e. The lowest BCUT2D eigenvalue weighted by molar-refractivity contribution is 0.614. The molecule has 0 aliphatic carbocycles. The SMILES string of the molecule is Cc1ccc(C(N)c2ccc(Cl)c(Cl)c2)cc1F. The fraction of sp³-hybridized carbons (Fsp3) is 0.143. The molecule has 18 heavy (non-hydrogen) atoms. The quantitative estimate of drug-likeness (QED) is 0.864. The minimum atomic E-state index is -0.421. The van der Waals surface area contributed by atoms with Crippen LogP contribution in [0.15, 0.2) is 36.4 Å². The highest BCUT2D eigenvalue weighted by atomic mass is 35.5. The summed E-state index contributed by atoms with van der Waals surface area (Å²) in [7, 11) is 0. The maximum atomic E-state index is 13.5. The van der Waals surface area contributed by atoms with Gasteiger partial charge in [0.1, 0.15) is 5.82 Å². The van der Waals surface area contributed by atoms with Gasteiger partial charge in [-0.05, 0) is 41.8 Å². The summed E-state index contributed by atoms with van der Waals surface area (Å²) < 4.78 is 13.5. The van der Waals surface area contributed by atoms with Gasteiger partial charge in [0.15, 0.2) is 0 Å². The third-order valence-corrected chi connectivity index (χ3v) is 3.60. The zero-order chi connectivity index (χ0) is 13.3. The molecule has 0 spiro atoms. The average Bonchev–Trinajstić information content (AvgIpc) is 2.35. The van der Waals surface area contributed by atoms with Gasteiger partial charge in [0.05, 0.1) is 16.1 Å². The lowest BCUT2D eigenvalue weighted by Crippen LogP contribution is -2.12. The van der Waals surface area contributed by atoms with Crippen LogP contribution in [0.25, 0.3) is 0 Å². The summed E-state index contributed by atoms with van der Waals surface area (Å²) in [5.74, 6) is -0.261. The molecule has 2 rings (SSSR count). The molecule has 0 aliphatic heterocycles. The van der Waals surface area contributed by atoms with Crippen LogP contribution in [0.3, 0.4) is 0 Å². The average molecular weight is 284 g/mol. The molecule has 0 heterocycles. The first-order chi connectivity index (χ1) is 8.49. The molecular weight excluding hydrogens is 272 g/mol. The van der Waals surface area contributed by atoms with Gasteiger partial charge in [0.2, 0.25) is 0 Å². The zero-order valence-electron chi connectivity index (χ0n) is 9.75. The van der Waals surface area contributed by atoms with Gasteiger partial charge in [-0.1, -0.05) is 41.4 Å². The van der Waals surface area contributed by atoms with E-state index in [0.29, 0.717) is 21.2 Å². The zero-order valence-corrected chi connectivity index (χ0v) is 11.3. The van der Waals surface area contributed by atoms with Crippen molar-refractivity contribution in [1.29, 1.82) is 0 Å². The summed E-state index contributed by atoms with van der Waals surface area (Å²) in [4.78, 5) is 0. The molecule has 0 bridgehead atoms. The van der Waals surface area contributed by atoms with Gasteiger partial charge < -0.3 is 5.73 Å². The molecule has 2 N–H and O–H groups in total. The predicted octanol–water partition coefficient (Wildman–Crippen LogP) is 4.49. The van der Waals surface area contributed by atoms with E-state index in [-0.39, 0.29) is 5.82 Å². The van der Waals surface area contributed by atoms with Crippen LogP contribution in [-0.2, 0) is 0 Å². The summed E-state index contributed by atoms with van der Waals surface area (Å²) in [6.07, 6.45) is 0. The Morgan fingerprint density at radius 3 is 2.22 bits per heavy atom. The number of hydrogen-bond acceptors (Lipinski definition) is 1. The minimum absolute atomic E-state index is 0.261. The fourth-order valence-corrected chi connectivity index (χ4v) is 2.01. The van der Waals surface area contributed by atoms with Gasteiger partial charge in [-0.25, -0.2) is 4.39 Å². The monoisotopic (exact) mass is 283 g/mol. The van der Waals surface area contributed by atoms with Crippen LogP contribution in [0.5, 0.6) is 0 Å². The Kier molecular flexibility index (Phi) is 3.91. The highest BCUT2D eigenvalue weighted by Crippen LogP contribution is 2.28. The van der Waals surface area contributed by atoms with Crippen LogP contribution in [0, 0.1) is 12.7 Å². The van der Waals surface area contributed by atoms with E-state index in [2.05, 4.69) is 0 Å². The molecule has 0 aromatic heterocycles. The van der Waals surface area contributed by atoms with E-state index in [1.807, 2.05) is 6.07 Å². The van der Waals surface area contributed by atoms with Crippen molar-refractivity contribution in [3.63, 3.8) is 0 Å². The Labute approximate surface area is 115 Å². The van der Waals surface area contributed by atoms with Gasteiger partial charge in [-0.15, -0.1) is 0 Å². The van der Waals surface area contributed by atoms with Crippen LogP contribution in [-0.4, -0.2) is 0 Å². The highest BCUT2D eigenvalue weighted by molar-refractivity contribution is 6.42. The Morgan fingerprint density at radius 1 is 1.00 bits per heavy atom. The standard InChI is InChI=1S/C14H12Cl2FN/c1-8-2-3-10(7-13(8)17)14(18)9-4-5-11(15)12(16)6-9/h2-7,14H,18H2,1H3. The van der Waals surface area contributed by atoms with Crippen molar-refractivity contribution in [2.24, 2.45) is 5.73 Å². The molecule has 0 aliphatic rings. The third-order valence-electron chi connectivity index (χ3n) is 2.86. The molecule has 1 nitrogen and oxygen atoms in total. The van der Waals surface area contributed by atoms with Crippen LogP contribution >= 0.6 is 23.2 Å². The molecule has 0 saturated carbocycles. The fourth-order valence-electron chi connectivity index (χ4n) is 1.70. The van der Waals surface area contributed by atoms with Gasteiger partial charge in [0.25, 0.3) is 0 Å². The van der Waals surface area contributed by atoms with Crippen molar-refractivity contribution in [1.82, 2.24) is 0 Å². The van der Waals surface area contributed by atoms with E-state index in [4.69, 9.17) is 28.9 Å². The molecule has 0 saturated heterocycles. The highest BCUT2D eigenvalue weighted by Gasteiger charge is 2.12. The van der Waals surface area contributed by atoms with E-state index in [1.54, 1.807) is 31.2 Å². The topological polar surface area (TPSA) is 26.0 Å². The smallest absolute Gasteiger partial charge is 0.126 e. The van der Waals surface area contributed by atoms with Crippen LogP contribution in [0.2, 0.25) is 10.0 Å². The third kappa shape index (κ3) is 2.66. The first-order valence-electron chi connectivity index (χ1n) is 5.45. The molecule has 4 heteroatoms. The molecule has 94 valence electrons. The number of rotatable bonds is 2. The van der Waals surface area contributed by atoms with E-state index in [0.717, 1.165) is 5.56 Å². The molecule has 2 aromatic carbocycles.